The molecule has 0 bridgehead atoms. The molecular formula is C19H21NO4S. The van der Waals surface area contributed by atoms with Crippen molar-refractivity contribution in [2.24, 2.45) is 0 Å². The van der Waals surface area contributed by atoms with Gasteiger partial charge in [-0.1, -0.05) is 6.07 Å². The van der Waals surface area contributed by atoms with Gasteiger partial charge in [-0.3, -0.25) is 4.79 Å². The number of methoxy groups -OCH3 is 1. The van der Waals surface area contributed by atoms with Crippen LogP contribution in [0.4, 0.5) is 5.00 Å². The first-order chi connectivity index (χ1) is 12.1. The van der Waals surface area contributed by atoms with E-state index in [1.165, 1.54) is 23.3 Å². The smallest absolute Gasteiger partial charge is 0.341 e. The Labute approximate surface area is 151 Å². The maximum absolute atomic E-state index is 12.6. The van der Waals surface area contributed by atoms with Crippen molar-refractivity contribution in [3.05, 3.63) is 45.8 Å². The molecule has 1 amide bonds. The summed E-state index contributed by atoms with van der Waals surface area (Å²) in [6, 6.07) is 7.01. The first-order valence-corrected chi connectivity index (χ1v) is 9.22. The van der Waals surface area contributed by atoms with Gasteiger partial charge in [-0.05, 0) is 56.4 Å². The highest BCUT2D eigenvalue weighted by Gasteiger charge is 2.27. The molecule has 1 aromatic carbocycles. The summed E-state index contributed by atoms with van der Waals surface area (Å²) in [4.78, 5) is 26.0. The molecule has 0 unspecified atom stereocenters. The van der Waals surface area contributed by atoms with Gasteiger partial charge < -0.3 is 14.8 Å². The molecule has 0 atom stereocenters. The monoisotopic (exact) mass is 359 g/mol. The molecule has 0 fully saturated rings. The number of rotatable bonds is 5. The van der Waals surface area contributed by atoms with Crippen LogP contribution >= 0.6 is 11.3 Å². The van der Waals surface area contributed by atoms with Crippen molar-refractivity contribution >= 4 is 28.2 Å². The number of benzene rings is 1. The Balaban J connectivity index is 1.89. The molecule has 1 N–H and O–H groups in total. The third-order valence-electron chi connectivity index (χ3n) is 4.20. The fraction of sp³-hybridized carbons (Fsp3) is 0.368. The molecule has 132 valence electrons. The second-order valence-electron chi connectivity index (χ2n) is 5.82. The number of thiophene rings is 1. The second kappa shape index (κ2) is 7.70. The Morgan fingerprint density at radius 3 is 2.80 bits per heavy atom. The zero-order valence-electron chi connectivity index (χ0n) is 14.4. The average Bonchev–Trinajstić information content (AvgIpc) is 2.99. The lowest BCUT2D eigenvalue weighted by Crippen LogP contribution is -2.15. The highest BCUT2D eigenvalue weighted by Crippen LogP contribution is 2.38. The van der Waals surface area contributed by atoms with Crippen molar-refractivity contribution < 1.29 is 19.1 Å². The van der Waals surface area contributed by atoms with E-state index in [-0.39, 0.29) is 5.91 Å². The molecule has 0 saturated heterocycles. The summed E-state index contributed by atoms with van der Waals surface area (Å²) in [5.74, 6) is -0.00288. The van der Waals surface area contributed by atoms with Gasteiger partial charge in [0.2, 0.25) is 0 Å². The predicted molar refractivity (Wildman–Crippen MR) is 97.9 cm³/mol. The molecule has 3 rings (SSSR count). The summed E-state index contributed by atoms with van der Waals surface area (Å²) in [5, 5.41) is 3.47. The Morgan fingerprint density at radius 1 is 1.24 bits per heavy atom. The largest absolute Gasteiger partial charge is 0.494 e. The number of nitrogens with one attached hydrogen (secondary N) is 1. The standard InChI is InChI=1S/C19H21NO4S/c1-3-24-13-8-6-7-12(11-13)17(21)20-18-16(19(22)23-2)14-9-4-5-10-15(14)25-18/h6-8,11H,3-5,9-10H2,1-2H3,(H,20,21). The fourth-order valence-electron chi connectivity index (χ4n) is 3.04. The molecule has 1 aromatic heterocycles. The number of hydrogen-bond acceptors (Lipinski definition) is 5. The van der Waals surface area contributed by atoms with Gasteiger partial charge in [0, 0.05) is 10.4 Å². The molecule has 0 saturated carbocycles. The normalized spacial score (nSPS) is 13.0. The molecule has 6 heteroatoms. The van der Waals surface area contributed by atoms with Gasteiger partial charge in [-0.2, -0.15) is 0 Å². The number of amides is 1. The van der Waals surface area contributed by atoms with Gasteiger partial charge >= 0.3 is 5.97 Å². The van der Waals surface area contributed by atoms with E-state index < -0.39 is 5.97 Å². The first kappa shape index (κ1) is 17.5. The van der Waals surface area contributed by atoms with E-state index in [9.17, 15) is 9.59 Å². The number of carbonyl (C=O) groups is 2. The number of esters is 1. The summed E-state index contributed by atoms with van der Waals surface area (Å²) < 4.78 is 10.4. The van der Waals surface area contributed by atoms with Crippen molar-refractivity contribution in [1.29, 1.82) is 0 Å². The third-order valence-corrected chi connectivity index (χ3v) is 5.40. The van der Waals surface area contributed by atoms with Crippen LogP contribution in [0.25, 0.3) is 0 Å². The van der Waals surface area contributed by atoms with Gasteiger partial charge in [0.15, 0.2) is 0 Å². The van der Waals surface area contributed by atoms with E-state index in [0.29, 0.717) is 28.5 Å². The molecule has 0 aliphatic heterocycles. The van der Waals surface area contributed by atoms with E-state index >= 15 is 0 Å². The van der Waals surface area contributed by atoms with Crippen LogP contribution in [0.5, 0.6) is 5.75 Å². The van der Waals surface area contributed by atoms with Crippen LogP contribution < -0.4 is 10.1 Å². The highest BCUT2D eigenvalue weighted by atomic mass is 32.1. The van der Waals surface area contributed by atoms with Crippen molar-refractivity contribution in [3.8, 4) is 5.75 Å². The van der Waals surface area contributed by atoms with Crippen LogP contribution in [-0.4, -0.2) is 25.6 Å². The minimum atomic E-state index is -0.391. The number of ether oxygens (including phenoxy) is 2. The molecule has 0 radical (unpaired) electrons. The lowest BCUT2D eigenvalue weighted by atomic mass is 9.95. The van der Waals surface area contributed by atoms with Gasteiger partial charge in [-0.15, -0.1) is 11.3 Å². The van der Waals surface area contributed by atoms with Gasteiger partial charge in [0.1, 0.15) is 10.8 Å². The average molecular weight is 359 g/mol. The maximum Gasteiger partial charge on any atom is 0.341 e. The quantitative estimate of drug-likeness (QED) is 0.818. The van der Waals surface area contributed by atoms with Crippen molar-refractivity contribution in [2.75, 3.05) is 19.0 Å². The molecule has 2 aromatic rings. The molecule has 25 heavy (non-hydrogen) atoms. The SMILES string of the molecule is CCOc1cccc(C(=O)Nc2sc3c(c2C(=O)OC)CCCC3)c1. The number of aryl methyl sites for hydroxylation is 1. The van der Waals surface area contributed by atoms with Gasteiger partial charge in [0.05, 0.1) is 19.3 Å². The highest BCUT2D eigenvalue weighted by molar-refractivity contribution is 7.17. The Bertz CT molecular complexity index is 797. The van der Waals surface area contributed by atoms with Crippen LogP contribution in [0.2, 0.25) is 0 Å². The Hall–Kier alpha value is -2.34. The molecule has 0 spiro atoms. The maximum atomic E-state index is 12.6. The van der Waals surface area contributed by atoms with Crippen LogP contribution in [0.3, 0.4) is 0 Å². The molecule has 1 aliphatic carbocycles. The van der Waals surface area contributed by atoms with E-state index in [0.717, 1.165) is 31.2 Å². The number of carbonyl (C=O) groups excluding carboxylic acids is 2. The van der Waals surface area contributed by atoms with Crippen molar-refractivity contribution in [3.63, 3.8) is 0 Å². The molecule has 1 heterocycles. The van der Waals surface area contributed by atoms with Crippen LogP contribution in [0.1, 0.15) is 50.9 Å². The third kappa shape index (κ3) is 3.69. The number of fused-ring (bicyclic) bond motifs is 1. The topological polar surface area (TPSA) is 64.6 Å². The number of hydrogen-bond donors (Lipinski definition) is 1. The van der Waals surface area contributed by atoms with E-state index in [2.05, 4.69) is 5.32 Å². The second-order valence-corrected chi connectivity index (χ2v) is 6.93. The van der Waals surface area contributed by atoms with Crippen LogP contribution in [0.15, 0.2) is 24.3 Å². The lowest BCUT2D eigenvalue weighted by Gasteiger charge is -2.12. The Kier molecular flexibility index (Phi) is 5.38. The zero-order chi connectivity index (χ0) is 17.8. The molecular weight excluding hydrogens is 338 g/mol. The summed E-state index contributed by atoms with van der Waals surface area (Å²) in [7, 11) is 1.37. The number of anilines is 1. The van der Waals surface area contributed by atoms with Gasteiger partial charge in [-0.25, -0.2) is 4.79 Å². The molecule has 1 aliphatic rings. The molecule has 5 nitrogen and oxygen atoms in total. The minimum Gasteiger partial charge on any atom is -0.494 e. The first-order valence-electron chi connectivity index (χ1n) is 8.41. The van der Waals surface area contributed by atoms with Crippen molar-refractivity contribution in [2.45, 2.75) is 32.6 Å². The zero-order valence-corrected chi connectivity index (χ0v) is 15.2. The summed E-state index contributed by atoms with van der Waals surface area (Å²) in [6.07, 6.45) is 3.96. The van der Waals surface area contributed by atoms with Crippen LogP contribution in [-0.2, 0) is 17.6 Å². The Morgan fingerprint density at radius 2 is 2.04 bits per heavy atom. The predicted octanol–water partition coefficient (Wildman–Crippen LogP) is 4.06. The lowest BCUT2D eigenvalue weighted by molar-refractivity contribution is 0.0601. The van der Waals surface area contributed by atoms with Gasteiger partial charge in [0.25, 0.3) is 5.91 Å². The van der Waals surface area contributed by atoms with Crippen LogP contribution in [0, 0.1) is 0 Å². The summed E-state index contributed by atoms with van der Waals surface area (Å²) >= 11 is 1.48. The fourth-order valence-corrected chi connectivity index (χ4v) is 4.31. The minimum absolute atomic E-state index is 0.259. The summed E-state index contributed by atoms with van der Waals surface area (Å²) in [6.45, 7) is 2.43. The van der Waals surface area contributed by atoms with E-state index in [1.807, 2.05) is 13.0 Å². The van der Waals surface area contributed by atoms with E-state index in [1.54, 1.807) is 18.2 Å². The summed E-state index contributed by atoms with van der Waals surface area (Å²) in [5.41, 5.74) is 2.03. The van der Waals surface area contributed by atoms with Crippen molar-refractivity contribution in [1.82, 2.24) is 0 Å². The van der Waals surface area contributed by atoms with E-state index in [4.69, 9.17) is 9.47 Å².